The van der Waals surface area contributed by atoms with E-state index in [4.69, 9.17) is 9.47 Å². The average molecular weight is 359 g/mol. The van der Waals surface area contributed by atoms with E-state index in [0.29, 0.717) is 30.0 Å². The summed E-state index contributed by atoms with van der Waals surface area (Å²) in [4.78, 5) is 11.0. The summed E-state index contributed by atoms with van der Waals surface area (Å²) in [6.07, 6.45) is 7.64. The third-order valence-electron chi connectivity index (χ3n) is 6.90. The Morgan fingerprint density at radius 1 is 1.19 bits per heavy atom. The zero-order valence-corrected chi connectivity index (χ0v) is 16.6. The lowest BCUT2D eigenvalue weighted by Crippen LogP contribution is -2.47. The van der Waals surface area contributed by atoms with Gasteiger partial charge in [-0.15, -0.1) is 0 Å². The number of rotatable bonds is 6. The number of carbonyl (C=O) groups is 1. The Morgan fingerprint density at radius 3 is 2.69 bits per heavy atom. The molecule has 0 N–H and O–H groups in total. The Morgan fingerprint density at radius 2 is 1.96 bits per heavy atom. The molecule has 0 radical (unpaired) electrons. The van der Waals surface area contributed by atoms with Crippen LogP contribution < -0.4 is 0 Å². The van der Waals surface area contributed by atoms with Crippen molar-refractivity contribution in [2.75, 3.05) is 6.61 Å². The predicted molar refractivity (Wildman–Crippen MR) is 104 cm³/mol. The van der Waals surface area contributed by atoms with Gasteiger partial charge < -0.3 is 9.47 Å². The van der Waals surface area contributed by atoms with E-state index in [1.54, 1.807) is 0 Å². The van der Waals surface area contributed by atoms with Gasteiger partial charge in [-0.25, -0.2) is 0 Å². The zero-order chi connectivity index (χ0) is 18.6. The molecule has 1 aromatic carbocycles. The van der Waals surface area contributed by atoms with Gasteiger partial charge in [0, 0.05) is 6.92 Å². The fourth-order valence-electron chi connectivity index (χ4n) is 5.48. The molecule has 0 heterocycles. The summed E-state index contributed by atoms with van der Waals surface area (Å²) in [7, 11) is 0. The van der Waals surface area contributed by atoms with Crippen molar-refractivity contribution in [3.8, 4) is 0 Å². The van der Waals surface area contributed by atoms with Crippen LogP contribution in [0.25, 0.3) is 0 Å². The van der Waals surface area contributed by atoms with Gasteiger partial charge in [-0.2, -0.15) is 0 Å². The highest BCUT2D eigenvalue weighted by molar-refractivity contribution is 5.65. The molecular weight excluding hydrogens is 324 g/mol. The predicted octanol–water partition coefficient (Wildman–Crippen LogP) is 5.38. The zero-order valence-electron chi connectivity index (χ0n) is 16.6. The van der Waals surface area contributed by atoms with Crippen molar-refractivity contribution in [1.82, 2.24) is 0 Å². The highest BCUT2D eigenvalue weighted by Crippen LogP contribution is 2.55. The second-order valence-corrected chi connectivity index (χ2v) is 8.77. The molecule has 0 aliphatic heterocycles. The summed E-state index contributed by atoms with van der Waals surface area (Å²) < 4.78 is 11.5. The molecule has 5 unspecified atom stereocenters. The standard InChI is InChI=1S/C23H34O3/c1-17-21-10-9-19(12-14-25-18(2)24)15-23(21,3)13-11-22(17)26-16-20-7-5-4-6-8-20/h4-8,17,19,21-22H,9-16H2,1-3H3. The van der Waals surface area contributed by atoms with E-state index >= 15 is 0 Å². The van der Waals surface area contributed by atoms with Gasteiger partial charge in [0.2, 0.25) is 0 Å². The lowest BCUT2D eigenvalue weighted by Gasteiger charge is -2.53. The van der Waals surface area contributed by atoms with Crippen LogP contribution in [0.1, 0.15) is 64.9 Å². The number of carbonyl (C=O) groups excluding carboxylic acids is 1. The van der Waals surface area contributed by atoms with Gasteiger partial charge in [0.1, 0.15) is 0 Å². The maximum Gasteiger partial charge on any atom is 0.302 e. The SMILES string of the molecule is CC(=O)OCCC1CCC2C(C)C(OCc3ccccc3)CCC2(C)C1. The fourth-order valence-corrected chi connectivity index (χ4v) is 5.48. The van der Waals surface area contributed by atoms with Crippen LogP contribution >= 0.6 is 0 Å². The van der Waals surface area contributed by atoms with Crippen molar-refractivity contribution in [3.63, 3.8) is 0 Å². The topological polar surface area (TPSA) is 35.5 Å². The molecule has 0 amide bonds. The van der Waals surface area contributed by atoms with Gasteiger partial charge in [0.05, 0.1) is 19.3 Å². The van der Waals surface area contributed by atoms with E-state index in [0.717, 1.165) is 25.4 Å². The Balaban J connectivity index is 1.52. The average Bonchev–Trinajstić information content (AvgIpc) is 2.61. The quantitative estimate of drug-likeness (QED) is 0.641. The van der Waals surface area contributed by atoms with Crippen LogP contribution in [-0.2, 0) is 20.9 Å². The second kappa shape index (κ2) is 8.56. The van der Waals surface area contributed by atoms with E-state index < -0.39 is 0 Å². The van der Waals surface area contributed by atoms with Crippen LogP contribution in [0, 0.1) is 23.2 Å². The molecule has 2 fully saturated rings. The number of fused-ring (bicyclic) bond motifs is 1. The third-order valence-corrected chi connectivity index (χ3v) is 6.90. The van der Waals surface area contributed by atoms with Crippen molar-refractivity contribution in [2.45, 2.75) is 72.0 Å². The van der Waals surface area contributed by atoms with E-state index in [2.05, 4.69) is 44.2 Å². The van der Waals surface area contributed by atoms with Gasteiger partial charge in [-0.3, -0.25) is 4.79 Å². The maximum atomic E-state index is 11.0. The Kier molecular flexibility index (Phi) is 6.39. The Bertz CT molecular complexity index is 584. The summed E-state index contributed by atoms with van der Waals surface area (Å²) in [5.74, 6) is 1.91. The van der Waals surface area contributed by atoms with Gasteiger partial charge in [0.25, 0.3) is 0 Å². The van der Waals surface area contributed by atoms with Crippen molar-refractivity contribution in [1.29, 1.82) is 0 Å². The maximum absolute atomic E-state index is 11.0. The van der Waals surface area contributed by atoms with Gasteiger partial charge in [0.15, 0.2) is 0 Å². The highest BCUT2D eigenvalue weighted by Gasteiger charge is 2.47. The van der Waals surface area contributed by atoms with E-state index in [1.165, 1.54) is 38.2 Å². The number of esters is 1. The summed E-state index contributed by atoms with van der Waals surface area (Å²) in [6, 6.07) is 10.5. The molecule has 1 aromatic rings. The Labute approximate surface area is 158 Å². The fraction of sp³-hybridized carbons (Fsp3) is 0.696. The van der Waals surface area contributed by atoms with Gasteiger partial charge in [-0.1, -0.05) is 50.6 Å². The molecule has 5 atom stereocenters. The molecule has 144 valence electrons. The molecule has 3 nitrogen and oxygen atoms in total. The van der Waals surface area contributed by atoms with Crippen molar-refractivity contribution in [3.05, 3.63) is 35.9 Å². The van der Waals surface area contributed by atoms with Crippen molar-refractivity contribution in [2.24, 2.45) is 23.2 Å². The molecule has 2 aliphatic carbocycles. The minimum atomic E-state index is -0.158. The first-order chi connectivity index (χ1) is 12.5. The normalized spacial score (nSPS) is 34.1. The molecule has 0 saturated heterocycles. The van der Waals surface area contributed by atoms with E-state index in [1.807, 2.05) is 0 Å². The van der Waals surface area contributed by atoms with Crippen LogP contribution in [0.15, 0.2) is 30.3 Å². The second-order valence-electron chi connectivity index (χ2n) is 8.77. The van der Waals surface area contributed by atoms with Crippen molar-refractivity contribution >= 4 is 5.97 Å². The number of ether oxygens (including phenoxy) is 2. The molecule has 2 aliphatic rings. The van der Waals surface area contributed by atoms with Gasteiger partial charge in [-0.05, 0) is 60.8 Å². The Hall–Kier alpha value is -1.35. The largest absolute Gasteiger partial charge is 0.466 e. The first-order valence-corrected chi connectivity index (χ1v) is 10.3. The van der Waals surface area contributed by atoms with Crippen LogP contribution in [0.2, 0.25) is 0 Å². The van der Waals surface area contributed by atoms with E-state index in [-0.39, 0.29) is 5.97 Å². The smallest absolute Gasteiger partial charge is 0.302 e. The van der Waals surface area contributed by atoms with E-state index in [9.17, 15) is 4.79 Å². The first-order valence-electron chi connectivity index (χ1n) is 10.3. The van der Waals surface area contributed by atoms with Crippen LogP contribution in [0.3, 0.4) is 0 Å². The van der Waals surface area contributed by atoms with Crippen LogP contribution in [0.4, 0.5) is 0 Å². The molecule has 0 aromatic heterocycles. The lowest BCUT2D eigenvalue weighted by molar-refractivity contribution is -0.141. The summed E-state index contributed by atoms with van der Waals surface area (Å²) in [6.45, 7) is 7.69. The summed E-state index contributed by atoms with van der Waals surface area (Å²) >= 11 is 0. The molecule has 2 saturated carbocycles. The number of hydrogen-bond acceptors (Lipinski definition) is 3. The monoisotopic (exact) mass is 358 g/mol. The third kappa shape index (κ3) is 4.68. The lowest BCUT2D eigenvalue weighted by atomic mass is 9.54. The summed E-state index contributed by atoms with van der Waals surface area (Å²) in [5, 5.41) is 0. The summed E-state index contributed by atoms with van der Waals surface area (Å²) in [5.41, 5.74) is 1.69. The molecule has 0 bridgehead atoms. The van der Waals surface area contributed by atoms with Crippen LogP contribution in [0.5, 0.6) is 0 Å². The van der Waals surface area contributed by atoms with Crippen molar-refractivity contribution < 1.29 is 14.3 Å². The molecule has 0 spiro atoms. The van der Waals surface area contributed by atoms with Crippen LogP contribution in [-0.4, -0.2) is 18.7 Å². The number of hydrogen-bond donors (Lipinski definition) is 0. The first kappa shape index (κ1) is 19.4. The van der Waals surface area contributed by atoms with Gasteiger partial charge >= 0.3 is 5.97 Å². The molecular formula is C23H34O3. The number of benzene rings is 1. The minimum Gasteiger partial charge on any atom is -0.466 e. The molecule has 26 heavy (non-hydrogen) atoms. The molecule has 3 heteroatoms. The molecule has 3 rings (SSSR count). The highest BCUT2D eigenvalue weighted by atomic mass is 16.5. The minimum absolute atomic E-state index is 0.158.